The van der Waals surface area contributed by atoms with Gasteiger partial charge in [0, 0.05) is 39.1 Å². The zero-order chi connectivity index (χ0) is 17.2. The van der Waals surface area contributed by atoms with Crippen molar-refractivity contribution in [2.45, 2.75) is 23.3 Å². The molecular formula is C15H21N5O3S. The topological polar surface area (TPSA) is 102 Å². The number of hydrogen-bond acceptors (Lipinski definition) is 6. The second-order valence-electron chi connectivity index (χ2n) is 6.13. The number of H-pyrrole nitrogens is 1. The molecule has 130 valence electrons. The van der Waals surface area contributed by atoms with Gasteiger partial charge in [-0.1, -0.05) is 6.07 Å². The molecule has 0 bridgehead atoms. The second kappa shape index (κ2) is 6.50. The summed E-state index contributed by atoms with van der Waals surface area (Å²) in [6, 6.07) is 5.62. The molecule has 3 rings (SSSR count). The van der Waals surface area contributed by atoms with E-state index in [0.29, 0.717) is 13.0 Å². The van der Waals surface area contributed by atoms with E-state index in [0.717, 1.165) is 18.8 Å². The molecule has 1 aliphatic heterocycles. The normalized spacial score (nSPS) is 22.0. The predicted molar refractivity (Wildman–Crippen MR) is 89.0 cm³/mol. The van der Waals surface area contributed by atoms with Gasteiger partial charge in [0.25, 0.3) is 0 Å². The first-order valence-electron chi connectivity index (χ1n) is 7.74. The lowest BCUT2D eigenvalue weighted by atomic mass is 9.93. The molecule has 8 nitrogen and oxygen atoms in total. The van der Waals surface area contributed by atoms with E-state index in [2.05, 4.69) is 15.2 Å². The van der Waals surface area contributed by atoms with Gasteiger partial charge in [0.15, 0.2) is 0 Å². The number of piperidine rings is 1. The van der Waals surface area contributed by atoms with Gasteiger partial charge in [-0.15, -0.1) is 0 Å². The molecule has 0 aliphatic carbocycles. The van der Waals surface area contributed by atoms with Gasteiger partial charge >= 0.3 is 0 Å². The molecule has 1 saturated heterocycles. The fraction of sp³-hybridized carbons (Fsp3) is 0.467. The third kappa shape index (κ3) is 3.42. The smallest absolute Gasteiger partial charge is 0.246 e. The minimum Gasteiger partial charge on any atom is -0.387 e. The minimum absolute atomic E-state index is 0.0177. The highest BCUT2D eigenvalue weighted by Crippen LogP contribution is 2.27. The quantitative estimate of drug-likeness (QED) is 0.811. The Morgan fingerprint density at radius 2 is 2.29 bits per heavy atom. The van der Waals surface area contributed by atoms with E-state index >= 15 is 0 Å². The van der Waals surface area contributed by atoms with Crippen LogP contribution in [0, 0.1) is 0 Å². The molecular weight excluding hydrogens is 330 g/mol. The van der Waals surface area contributed by atoms with E-state index in [9.17, 15) is 13.5 Å². The summed E-state index contributed by atoms with van der Waals surface area (Å²) in [5.74, 6) is 0.788. The van der Waals surface area contributed by atoms with Gasteiger partial charge in [0.2, 0.25) is 10.0 Å². The number of anilines is 1. The van der Waals surface area contributed by atoms with Crippen LogP contribution in [0.1, 0.15) is 12.8 Å². The Morgan fingerprint density at radius 1 is 1.46 bits per heavy atom. The molecule has 24 heavy (non-hydrogen) atoms. The molecule has 0 spiro atoms. The summed E-state index contributed by atoms with van der Waals surface area (Å²) in [7, 11) is -2.20. The van der Waals surface area contributed by atoms with Gasteiger partial charge in [-0.25, -0.2) is 13.4 Å². The molecule has 1 atom stereocenters. The Balaban J connectivity index is 1.74. The summed E-state index contributed by atoms with van der Waals surface area (Å²) in [5.41, 5.74) is -1.12. The number of nitrogens with one attached hydrogen (secondary N) is 1. The number of rotatable bonds is 5. The van der Waals surface area contributed by atoms with Crippen LogP contribution in [0.5, 0.6) is 0 Å². The SMILES string of the molecule is CN(CC1(O)CCCN(c2ccccn2)C1)S(=O)(=O)c1cn[nH]c1. The third-order valence-electron chi connectivity index (χ3n) is 4.23. The predicted octanol–water partition coefficient (Wildman–Crippen LogP) is 0.457. The maximum atomic E-state index is 12.5. The summed E-state index contributed by atoms with van der Waals surface area (Å²) in [6.07, 6.45) is 5.61. The van der Waals surface area contributed by atoms with Crippen LogP contribution in [0.15, 0.2) is 41.7 Å². The van der Waals surface area contributed by atoms with Crippen LogP contribution in [-0.2, 0) is 10.0 Å². The molecule has 2 aromatic heterocycles. The molecule has 3 heterocycles. The minimum atomic E-state index is -3.67. The fourth-order valence-corrected chi connectivity index (χ4v) is 4.19. The number of aromatic nitrogens is 3. The molecule has 0 amide bonds. The van der Waals surface area contributed by atoms with E-state index in [1.165, 1.54) is 23.7 Å². The van der Waals surface area contributed by atoms with Gasteiger partial charge < -0.3 is 10.0 Å². The van der Waals surface area contributed by atoms with Crippen molar-refractivity contribution in [2.24, 2.45) is 0 Å². The Labute approximate surface area is 141 Å². The second-order valence-corrected chi connectivity index (χ2v) is 8.18. The first kappa shape index (κ1) is 16.9. The van der Waals surface area contributed by atoms with Gasteiger partial charge in [0.05, 0.1) is 11.8 Å². The fourth-order valence-electron chi connectivity index (χ4n) is 3.04. The molecule has 9 heteroatoms. The van der Waals surface area contributed by atoms with Crippen LogP contribution < -0.4 is 4.90 Å². The number of hydrogen-bond donors (Lipinski definition) is 2. The zero-order valence-electron chi connectivity index (χ0n) is 13.5. The van der Waals surface area contributed by atoms with Crippen molar-refractivity contribution in [1.29, 1.82) is 0 Å². The van der Waals surface area contributed by atoms with Crippen LogP contribution in [-0.4, -0.2) is 65.3 Å². The highest BCUT2D eigenvalue weighted by molar-refractivity contribution is 7.89. The van der Waals surface area contributed by atoms with Gasteiger partial charge in [-0.3, -0.25) is 5.10 Å². The van der Waals surface area contributed by atoms with Crippen LogP contribution in [0.25, 0.3) is 0 Å². The van der Waals surface area contributed by atoms with Crippen molar-refractivity contribution in [2.75, 3.05) is 31.6 Å². The number of β-amino-alcohol motifs (C(OH)–C–C–N with tert-alkyl or cyclic N) is 1. The Kier molecular flexibility index (Phi) is 4.57. The van der Waals surface area contributed by atoms with E-state index in [-0.39, 0.29) is 11.4 Å². The maximum absolute atomic E-state index is 12.5. The monoisotopic (exact) mass is 351 g/mol. The number of sulfonamides is 1. The Hall–Kier alpha value is -1.97. The van der Waals surface area contributed by atoms with E-state index < -0.39 is 15.6 Å². The van der Waals surface area contributed by atoms with Crippen LogP contribution in [0.3, 0.4) is 0 Å². The summed E-state index contributed by atoms with van der Waals surface area (Å²) in [6.45, 7) is 1.15. The number of aromatic amines is 1. The van der Waals surface area contributed by atoms with Crippen LogP contribution >= 0.6 is 0 Å². The van der Waals surface area contributed by atoms with Crippen LogP contribution in [0.4, 0.5) is 5.82 Å². The molecule has 2 N–H and O–H groups in total. The first-order chi connectivity index (χ1) is 11.4. The van der Waals surface area contributed by atoms with Crippen molar-refractivity contribution in [3.05, 3.63) is 36.8 Å². The van der Waals surface area contributed by atoms with Gasteiger partial charge in [-0.2, -0.15) is 9.40 Å². The highest BCUT2D eigenvalue weighted by atomic mass is 32.2. The Bertz CT molecular complexity index is 766. The molecule has 1 aliphatic rings. The maximum Gasteiger partial charge on any atom is 0.246 e. The van der Waals surface area contributed by atoms with E-state index in [4.69, 9.17) is 0 Å². The summed E-state index contributed by atoms with van der Waals surface area (Å²) < 4.78 is 26.2. The number of aliphatic hydroxyl groups is 1. The number of likely N-dealkylation sites (N-methyl/N-ethyl adjacent to an activating group) is 1. The van der Waals surface area contributed by atoms with E-state index in [1.54, 1.807) is 6.20 Å². The van der Waals surface area contributed by atoms with Gasteiger partial charge in [0.1, 0.15) is 10.7 Å². The largest absolute Gasteiger partial charge is 0.387 e. The number of nitrogens with zero attached hydrogens (tertiary/aromatic N) is 4. The molecule has 0 aromatic carbocycles. The van der Waals surface area contributed by atoms with E-state index in [1.807, 2.05) is 23.1 Å². The molecule has 0 saturated carbocycles. The average Bonchev–Trinajstić information content (AvgIpc) is 3.10. The first-order valence-corrected chi connectivity index (χ1v) is 9.18. The molecule has 2 aromatic rings. The van der Waals surface area contributed by atoms with Crippen molar-refractivity contribution >= 4 is 15.8 Å². The van der Waals surface area contributed by atoms with Crippen LogP contribution in [0.2, 0.25) is 0 Å². The molecule has 1 fully saturated rings. The molecule has 0 radical (unpaired) electrons. The van der Waals surface area contributed by atoms with Crippen molar-refractivity contribution in [3.8, 4) is 0 Å². The average molecular weight is 351 g/mol. The Morgan fingerprint density at radius 3 is 2.96 bits per heavy atom. The third-order valence-corrected chi connectivity index (χ3v) is 6.00. The lowest BCUT2D eigenvalue weighted by Gasteiger charge is -2.41. The number of pyridine rings is 1. The summed E-state index contributed by atoms with van der Waals surface area (Å²) in [4.78, 5) is 6.38. The lowest BCUT2D eigenvalue weighted by molar-refractivity contribution is 0.0131. The lowest BCUT2D eigenvalue weighted by Crippen LogP contribution is -2.54. The highest BCUT2D eigenvalue weighted by Gasteiger charge is 2.37. The van der Waals surface area contributed by atoms with Crippen molar-refractivity contribution in [1.82, 2.24) is 19.5 Å². The van der Waals surface area contributed by atoms with Crippen molar-refractivity contribution < 1.29 is 13.5 Å². The standard InChI is InChI=1S/C15H21N5O3S/c1-19(24(22,23)13-9-17-18-10-13)11-15(21)6-4-8-20(12-15)14-5-2-3-7-16-14/h2-3,5,7,9-10,21H,4,6,8,11-12H2,1H3,(H,17,18). The molecule has 1 unspecified atom stereocenters. The summed E-state index contributed by atoms with van der Waals surface area (Å²) in [5, 5.41) is 17.1. The van der Waals surface area contributed by atoms with Gasteiger partial charge in [-0.05, 0) is 25.0 Å². The zero-order valence-corrected chi connectivity index (χ0v) is 14.3. The summed E-state index contributed by atoms with van der Waals surface area (Å²) >= 11 is 0. The van der Waals surface area contributed by atoms with Crippen molar-refractivity contribution in [3.63, 3.8) is 0 Å².